The Balaban J connectivity index is 1.20. The minimum atomic E-state index is -0.338. The third-order valence-electron chi connectivity index (χ3n) is 7.79. The number of imide groups is 2. The third-order valence-corrected chi connectivity index (χ3v) is 7.79. The van der Waals surface area contributed by atoms with Gasteiger partial charge in [0.2, 0.25) is 23.6 Å². The molecule has 1 aromatic rings. The van der Waals surface area contributed by atoms with Crippen LogP contribution in [0.3, 0.4) is 0 Å². The minimum absolute atomic E-state index is 0.104. The van der Waals surface area contributed by atoms with Crippen LogP contribution < -0.4 is 9.80 Å². The van der Waals surface area contributed by atoms with Crippen molar-refractivity contribution < 1.29 is 28.7 Å². The van der Waals surface area contributed by atoms with E-state index in [-0.39, 0.29) is 71.7 Å². The lowest BCUT2D eigenvalue weighted by atomic mass is 9.81. The van der Waals surface area contributed by atoms with Crippen LogP contribution in [-0.2, 0) is 28.7 Å². The molecule has 4 saturated heterocycles. The summed E-state index contributed by atoms with van der Waals surface area (Å²) in [5, 5.41) is 0. The number of ether oxygens (including phenoxy) is 2. The van der Waals surface area contributed by atoms with Gasteiger partial charge in [-0.2, -0.15) is 0 Å². The van der Waals surface area contributed by atoms with Crippen molar-refractivity contribution in [1.82, 2.24) is 0 Å². The van der Waals surface area contributed by atoms with Crippen molar-refractivity contribution in [3.63, 3.8) is 0 Å². The number of rotatable bonds is 2. The summed E-state index contributed by atoms with van der Waals surface area (Å²) >= 11 is 0. The topological polar surface area (TPSA) is 99.8 Å². The number of amides is 4. The van der Waals surface area contributed by atoms with E-state index in [0.29, 0.717) is 37.1 Å². The Morgan fingerprint density at radius 1 is 0.600 bits per heavy atom. The number of carbonyl (C=O) groups is 4. The predicted octanol–water partition coefficient (Wildman–Crippen LogP) is 1.02. The van der Waals surface area contributed by atoms with E-state index in [2.05, 4.69) is 0 Å². The second-order valence-corrected chi connectivity index (χ2v) is 9.34. The molecule has 0 spiro atoms. The number of hydrogen-bond donors (Lipinski definition) is 0. The maximum absolute atomic E-state index is 13.0. The number of nitrogens with zero attached hydrogens (tertiary/aromatic N) is 2. The zero-order chi connectivity index (χ0) is 20.3. The van der Waals surface area contributed by atoms with Gasteiger partial charge in [-0.3, -0.25) is 19.2 Å². The van der Waals surface area contributed by atoms with Gasteiger partial charge in [0.05, 0.1) is 59.5 Å². The summed E-state index contributed by atoms with van der Waals surface area (Å²) in [6.07, 6.45) is 2.78. The van der Waals surface area contributed by atoms with Gasteiger partial charge in [0, 0.05) is 0 Å². The molecule has 0 bridgehead atoms. The Hall–Kier alpha value is -2.58. The largest absolute Gasteiger partial charge is 0.370 e. The molecule has 7 rings (SSSR count). The van der Waals surface area contributed by atoms with E-state index in [0.717, 1.165) is 0 Å². The van der Waals surface area contributed by atoms with Gasteiger partial charge in [0.25, 0.3) is 0 Å². The number of hydrogen-bond acceptors (Lipinski definition) is 6. The van der Waals surface area contributed by atoms with Gasteiger partial charge >= 0.3 is 0 Å². The molecular formula is C22H20N2O6. The summed E-state index contributed by atoms with van der Waals surface area (Å²) < 4.78 is 11.0. The summed E-state index contributed by atoms with van der Waals surface area (Å²) in [4.78, 5) is 54.5. The lowest BCUT2D eigenvalue weighted by Gasteiger charge is -2.19. The summed E-state index contributed by atoms with van der Waals surface area (Å²) in [6, 6.07) is 6.69. The van der Waals surface area contributed by atoms with Gasteiger partial charge in [-0.25, -0.2) is 9.80 Å². The first-order valence-corrected chi connectivity index (χ1v) is 10.7. The standard InChI is InChI=1S/C22H20N2O6/c25-19-11-5-15-16(29-15)6-12(11)20(26)23(19)9-2-1-3-10(4-9)24-21(27)13-7-17-18(30-17)8-14(13)22(24)28/h1-4,11-18H,5-8H2. The molecule has 2 aliphatic carbocycles. The van der Waals surface area contributed by atoms with E-state index >= 15 is 0 Å². The first-order valence-electron chi connectivity index (χ1n) is 10.7. The molecule has 2 saturated carbocycles. The highest BCUT2D eigenvalue weighted by atomic mass is 16.6. The molecular weight excluding hydrogens is 388 g/mol. The van der Waals surface area contributed by atoms with Crippen molar-refractivity contribution in [2.75, 3.05) is 9.80 Å². The average Bonchev–Trinajstić information content (AvgIpc) is 3.63. The monoisotopic (exact) mass is 408 g/mol. The molecule has 8 atom stereocenters. The molecule has 8 heteroatoms. The van der Waals surface area contributed by atoms with Crippen LogP contribution in [0.1, 0.15) is 25.7 Å². The van der Waals surface area contributed by atoms with E-state index in [4.69, 9.17) is 9.47 Å². The first kappa shape index (κ1) is 17.1. The summed E-state index contributed by atoms with van der Waals surface area (Å²) in [6.45, 7) is 0. The molecule has 4 heterocycles. The molecule has 4 aliphatic heterocycles. The fraction of sp³-hybridized carbons (Fsp3) is 0.545. The fourth-order valence-electron chi connectivity index (χ4n) is 6.10. The number of anilines is 2. The maximum Gasteiger partial charge on any atom is 0.237 e. The Bertz CT molecular complexity index is 905. The molecule has 30 heavy (non-hydrogen) atoms. The van der Waals surface area contributed by atoms with E-state index in [1.165, 1.54) is 9.80 Å². The van der Waals surface area contributed by atoms with Crippen LogP contribution in [0.2, 0.25) is 0 Å². The molecule has 8 nitrogen and oxygen atoms in total. The molecule has 8 unspecified atom stereocenters. The summed E-state index contributed by atoms with van der Waals surface area (Å²) in [5.41, 5.74) is 0.848. The quantitative estimate of drug-likeness (QED) is 0.535. The van der Waals surface area contributed by atoms with Crippen molar-refractivity contribution in [2.45, 2.75) is 50.1 Å². The molecule has 154 valence electrons. The van der Waals surface area contributed by atoms with Gasteiger partial charge in [-0.05, 0) is 43.9 Å². The number of epoxide rings is 2. The van der Waals surface area contributed by atoms with Crippen molar-refractivity contribution in [1.29, 1.82) is 0 Å². The average molecular weight is 408 g/mol. The number of fused-ring (bicyclic) bond motifs is 4. The lowest BCUT2D eigenvalue weighted by molar-refractivity contribution is -0.124. The zero-order valence-corrected chi connectivity index (χ0v) is 16.1. The third kappa shape index (κ3) is 2.18. The molecule has 0 N–H and O–H groups in total. The normalized spacial score (nSPS) is 43.3. The van der Waals surface area contributed by atoms with Gasteiger partial charge < -0.3 is 9.47 Å². The van der Waals surface area contributed by atoms with Crippen molar-refractivity contribution in [3.05, 3.63) is 24.3 Å². The van der Waals surface area contributed by atoms with Crippen molar-refractivity contribution in [3.8, 4) is 0 Å². The van der Waals surface area contributed by atoms with Gasteiger partial charge in [-0.15, -0.1) is 0 Å². The van der Waals surface area contributed by atoms with Crippen LogP contribution in [0.5, 0.6) is 0 Å². The van der Waals surface area contributed by atoms with Crippen LogP contribution >= 0.6 is 0 Å². The Kier molecular flexibility index (Phi) is 3.18. The fourth-order valence-corrected chi connectivity index (χ4v) is 6.10. The van der Waals surface area contributed by atoms with Crippen LogP contribution in [0.4, 0.5) is 11.4 Å². The zero-order valence-electron chi connectivity index (χ0n) is 16.1. The predicted molar refractivity (Wildman–Crippen MR) is 101 cm³/mol. The van der Waals surface area contributed by atoms with Crippen LogP contribution in [0, 0.1) is 23.7 Å². The van der Waals surface area contributed by atoms with Gasteiger partial charge in [-0.1, -0.05) is 6.07 Å². The highest BCUT2D eigenvalue weighted by Crippen LogP contribution is 2.50. The summed E-state index contributed by atoms with van der Waals surface area (Å²) in [5.74, 6) is -2.18. The second-order valence-electron chi connectivity index (χ2n) is 9.34. The number of carbonyl (C=O) groups excluding carboxylic acids is 4. The lowest BCUT2D eigenvalue weighted by Crippen LogP contribution is -2.33. The van der Waals surface area contributed by atoms with Crippen LogP contribution in [0.25, 0.3) is 0 Å². The smallest absolute Gasteiger partial charge is 0.237 e. The first-order chi connectivity index (χ1) is 14.5. The summed E-state index contributed by atoms with van der Waals surface area (Å²) in [7, 11) is 0. The van der Waals surface area contributed by atoms with E-state index in [1.807, 2.05) is 0 Å². The van der Waals surface area contributed by atoms with Gasteiger partial charge in [0.15, 0.2) is 0 Å². The van der Waals surface area contributed by atoms with E-state index in [1.54, 1.807) is 24.3 Å². The minimum Gasteiger partial charge on any atom is -0.370 e. The molecule has 1 aromatic carbocycles. The molecule has 0 aromatic heterocycles. The molecule has 6 fully saturated rings. The Morgan fingerprint density at radius 3 is 1.27 bits per heavy atom. The molecule has 0 radical (unpaired) electrons. The Morgan fingerprint density at radius 2 is 0.933 bits per heavy atom. The van der Waals surface area contributed by atoms with E-state index < -0.39 is 0 Å². The SMILES string of the molecule is O=C1C2CC3OC3CC2C(=O)N1c1cccc(N2C(=O)C3CC4OC4CC3C2=O)c1. The van der Waals surface area contributed by atoms with Crippen LogP contribution in [-0.4, -0.2) is 48.0 Å². The second kappa shape index (κ2) is 5.56. The highest BCUT2D eigenvalue weighted by Gasteiger charge is 2.60. The van der Waals surface area contributed by atoms with E-state index in [9.17, 15) is 19.2 Å². The molecule has 4 amide bonds. The molecule has 6 aliphatic rings. The Labute approximate surface area is 172 Å². The van der Waals surface area contributed by atoms with Gasteiger partial charge in [0.1, 0.15) is 0 Å². The van der Waals surface area contributed by atoms with Crippen molar-refractivity contribution in [2.24, 2.45) is 23.7 Å². The maximum atomic E-state index is 13.0. The van der Waals surface area contributed by atoms with Crippen molar-refractivity contribution >= 4 is 35.0 Å². The highest BCUT2D eigenvalue weighted by molar-refractivity contribution is 6.24. The van der Waals surface area contributed by atoms with Crippen LogP contribution in [0.15, 0.2) is 24.3 Å². The number of benzene rings is 1.